The van der Waals surface area contributed by atoms with Crippen molar-refractivity contribution in [1.82, 2.24) is 19.6 Å². The molecule has 1 atom stereocenters. The van der Waals surface area contributed by atoms with Crippen LogP contribution in [-0.4, -0.2) is 133 Å². The average molecular weight is 574 g/mol. The van der Waals surface area contributed by atoms with Gasteiger partial charge in [-0.25, -0.2) is 14.4 Å². The van der Waals surface area contributed by atoms with Crippen LogP contribution in [0.4, 0.5) is 14.4 Å². The fourth-order valence-electron chi connectivity index (χ4n) is 3.80. The van der Waals surface area contributed by atoms with Crippen molar-refractivity contribution in [2.75, 3.05) is 66.0 Å². The van der Waals surface area contributed by atoms with E-state index in [4.69, 9.17) is 24.7 Å². The van der Waals surface area contributed by atoms with Crippen molar-refractivity contribution in [2.24, 2.45) is 5.73 Å². The summed E-state index contributed by atoms with van der Waals surface area (Å²) in [6, 6.07) is -0.785. The Morgan fingerprint density at radius 2 is 0.875 bits per heavy atom. The third-order valence-corrected chi connectivity index (χ3v) is 5.69. The summed E-state index contributed by atoms with van der Waals surface area (Å²) in [5.74, 6) is -0.515. The summed E-state index contributed by atoms with van der Waals surface area (Å²) < 4.78 is 21.8. The van der Waals surface area contributed by atoms with E-state index >= 15 is 0 Å². The Kier molecular flexibility index (Phi) is 13.0. The molecule has 13 nitrogen and oxygen atoms in total. The van der Waals surface area contributed by atoms with E-state index in [0.29, 0.717) is 0 Å². The molecule has 1 heterocycles. The lowest BCUT2D eigenvalue weighted by Crippen LogP contribution is -2.55. The maximum atomic E-state index is 13.1. The molecule has 13 heteroatoms. The highest BCUT2D eigenvalue weighted by molar-refractivity contribution is 5.76. The lowest BCUT2D eigenvalue weighted by Gasteiger charge is -2.37. The minimum Gasteiger partial charge on any atom is -0.468 e. The molecule has 2 N–H and O–H groups in total. The van der Waals surface area contributed by atoms with Crippen LogP contribution in [0.2, 0.25) is 0 Å². The summed E-state index contributed by atoms with van der Waals surface area (Å²) in [7, 11) is 1.28. The van der Waals surface area contributed by atoms with Gasteiger partial charge in [0.05, 0.1) is 7.11 Å². The molecule has 1 aliphatic rings. The molecule has 0 aromatic heterocycles. The van der Waals surface area contributed by atoms with Gasteiger partial charge in [0.1, 0.15) is 22.8 Å². The first kappa shape index (κ1) is 35.2. The van der Waals surface area contributed by atoms with E-state index in [-0.39, 0.29) is 58.9 Å². The van der Waals surface area contributed by atoms with E-state index in [1.165, 1.54) is 21.8 Å². The standard InChI is InChI=1S/C27H51N5O8/c1-25(2,3)38-22(34)30-13-11-29(20(19-28)21(33)37-10)12-14-31(23(35)39-26(4,5)6)16-18-32(17-15-30)24(36)40-27(7,8)9/h20H,11-19,28H2,1-10H3. The summed E-state index contributed by atoms with van der Waals surface area (Å²) in [6.45, 7) is 17.3. The highest BCUT2D eigenvalue weighted by Gasteiger charge is 2.32. The molecule has 0 aromatic carbocycles. The van der Waals surface area contributed by atoms with Gasteiger partial charge in [-0.1, -0.05) is 0 Å². The molecule has 232 valence electrons. The van der Waals surface area contributed by atoms with Crippen molar-refractivity contribution in [3.05, 3.63) is 0 Å². The smallest absolute Gasteiger partial charge is 0.410 e. The summed E-state index contributed by atoms with van der Waals surface area (Å²) in [6.07, 6.45) is -1.66. The molecule has 40 heavy (non-hydrogen) atoms. The number of nitrogens with two attached hydrogens (primary N) is 1. The number of ether oxygens (including phenoxy) is 4. The molecular weight excluding hydrogens is 522 g/mol. The fraction of sp³-hybridized carbons (Fsp3) is 0.852. The normalized spacial score (nSPS) is 17.7. The maximum Gasteiger partial charge on any atom is 0.410 e. The van der Waals surface area contributed by atoms with Crippen LogP contribution >= 0.6 is 0 Å². The van der Waals surface area contributed by atoms with Gasteiger partial charge in [0.25, 0.3) is 0 Å². The number of rotatable bonds is 3. The predicted octanol–water partition coefficient (Wildman–Crippen LogP) is 2.51. The number of nitrogens with zero attached hydrogens (tertiary/aromatic N) is 4. The number of methoxy groups -OCH3 is 1. The molecule has 3 amide bonds. The highest BCUT2D eigenvalue weighted by atomic mass is 16.6. The molecule has 0 aliphatic carbocycles. The van der Waals surface area contributed by atoms with Crippen molar-refractivity contribution in [1.29, 1.82) is 0 Å². The largest absolute Gasteiger partial charge is 0.468 e. The first-order valence-corrected chi connectivity index (χ1v) is 13.7. The predicted molar refractivity (Wildman–Crippen MR) is 150 cm³/mol. The number of carbonyl (C=O) groups is 4. The lowest BCUT2D eigenvalue weighted by molar-refractivity contribution is -0.146. The van der Waals surface area contributed by atoms with Gasteiger partial charge in [-0.3, -0.25) is 9.69 Å². The summed E-state index contributed by atoms with van der Waals surface area (Å²) in [4.78, 5) is 58.1. The van der Waals surface area contributed by atoms with E-state index in [0.717, 1.165) is 0 Å². The number of amides is 3. The highest BCUT2D eigenvalue weighted by Crippen LogP contribution is 2.15. The quantitative estimate of drug-likeness (QED) is 0.395. The Morgan fingerprint density at radius 1 is 0.600 bits per heavy atom. The summed E-state index contributed by atoms with van der Waals surface area (Å²) in [5, 5.41) is 0. The minimum atomic E-state index is -0.785. The van der Waals surface area contributed by atoms with Crippen LogP contribution in [0.15, 0.2) is 0 Å². The van der Waals surface area contributed by atoms with Crippen LogP contribution in [-0.2, 0) is 23.7 Å². The van der Waals surface area contributed by atoms with Gasteiger partial charge in [-0.2, -0.15) is 0 Å². The van der Waals surface area contributed by atoms with Gasteiger partial charge in [-0.05, 0) is 62.3 Å². The summed E-state index contributed by atoms with van der Waals surface area (Å²) >= 11 is 0. The number of esters is 1. The molecular formula is C27H51N5O8. The van der Waals surface area contributed by atoms with Crippen molar-refractivity contribution < 1.29 is 38.1 Å². The average Bonchev–Trinajstić information content (AvgIpc) is 2.77. The molecule has 1 aliphatic heterocycles. The van der Waals surface area contributed by atoms with Crippen LogP contribution < -0.4 is 5.73 Å². The molecule has 1 fully saturated rings. The van der Waals surface area contributed by atoms with E-state index in [1.807, 2.05) is 0 Å². The monoisotopic (exact) mass is 573 g/mol. The van der Waals surface area contributed by atoms with Crippen LogP contribution in [0.3, 0.4) is 0 Å². The third kappa shape index (κ3) is 13.0. The zero-order valence-electron chi connectivity index (χ0n) is 26.1. The molecule has 0 radical (unpaired) electrons. The van der Waals surface area contributed by atoms with E-state index in [1.54, 1.807) is 67.2 Å². The van der Waals surface area contributed by atoms with Crippen LogP contribution in [0.5, 0.6) is 0 Å². The van der Waals surface area contributed by atoms with Crippen LogP contribution in [0.25, 0.3) is 0 Å². The van der Waals surface area contributed by atoms with Gasteiger partial charge < -0.3 is 39.4 Å². The van der Waals surface area contributed by atoms with Gasteiger partial charge in [-0.15, -0.1) is 0 Å². The molecule has 1 rings (SSSR count). The van der Waals surface area contributed by atoms with Gasteiger partial charge >= 0.3 is 24.2 Å². The zero-order chi connectivity index (χ0) is 30.9. The van der Waals surface area contributed by atoms with E-state index in [9.17, 15) is 19.2 Å². The van der Waals surface area contributed by atoms with Crippen LogP contribution in [0, 0.1) is 0 Å². The Hall–Kier alpha value is -2.80. The Bertz CT molecular complexity index is 818. The summed E-state index contributed by atoms with van der Waals surface area (Å²) in [5.41, 5.74) is 3.75. The zero-order valence-corrected chi connectivity index (χ0v) is 26.1. The second-order valence-corrected chi connectivity index (χ2v) is 12.7. The van der Waals surface area contributed by atoms with Gasteiger partial charge in [0, 0.05) is 58.9 Å². The molecule has 0 bridgehead atoms. The molecule has 0 aromatic rings. The SMILES string of the molecule is COC(=O)C(CN)N1CCN(C(=O)OC(C)(C)C)CCN(C(=O)OC(C)(C)C)CCN(C(=O)OC(C)(C)C)CC1. The minimum absolute atomic E-state index is 0.0159. The maximum absolute atomic E-state index is 13.1. The number of hydrogen-bond acceptors (Lipinski definition) is 10. The second-order valence-electron chi connectivity index (χ2n) is 12.7. The Labute approximate surface area is 239 Å². The Balaban J connectivity index is 3.40. The number of carbonyl (C=O) groups excluding carboxylic acids is 4. The first-order chi connectivity index (χ1) is 18.3. The first-order valence-electron chi connectivity index (χ1n) is 13.7. The molecule has 0 spiro atoms. The molecule has 1 unspecified atom stereocenters. The van der Waals surface area contributed by atoms with Crippen LogP contribution in [0.1, 0.15) is 62.3 Å². The molecule has 0 saturated carbocycles. The Morgan fingerprint density at radius 3 is 1.10 bits per heavy atom. The lowest BCUT2D eigenvalue weighted by atomic mass is 10.2. The van der Waals surface area contributed by atoms with Crippen molar-refractivity contribution in [3.8, 4) is 0 Å². The van der Waals surface area contributed by atoms with E-state index < -0.39 is 47.1 Å². The molecule has 1 saturated heterocycles. The van der Waals surface area contributed by atoms with Gasteiger partial charge in [0.2, 0.25) is 0 Å². The van der Waals surface area contributed by atoms with Crippen molar-refractivity contribution in [3.63, 3.8) is 0 Å². The van der Waals surface area contributed by atoms with E-state index in [2.05, 4.69) is 0 Å². The van der Waals surface area contributed by atoms with Crippen molar-refractivity contribution in [2.45, 2.75) is 85.2 Å². The van der Waals surface area contributed by atoms with Crippen molar-refractivity contribution >= 4 is 24.2 Å². The topological polar surface area (TPSA) is 144 Å². The third-order valence-electron chi connectivity index (χ3n) is 5.69. The number of hydrogen-bond donors (Lipinski definition) is 1. The fourth-order valence-corrected chi connectivity index (χ4v) is 3.80. The van der Waals surface area contributed by atoms with Gasteiger partial charge in [0.15, 0.2) is 0 Å². The second kappa shape index (κ2) is 14.7.